The Hall–Kier alpha value is -1.82. The van der Waals surface area contributed by atoms with E-state index < -0.39 is 4.92 Å². The lowest BCUT2D eigenvalue weighted by Gasteiger charge is -2.17. The zero-order valence-corrected chi connectivity index (χ0v) is 10.8. The number of nitrogens with two attached hydrogens (primary N) is 1. The SMILES string of the molecule is CC(C)CC(C)Oc1cc(NN)cc([N+](=O)[O-])c1. The molecule has 1 unspecified atom stereocenters. The topological polar surface area (TPSA) is 90.4 Å². The predicted molar refractivity (Wildman–Crippen MR) is 70.5 cm³/mol. The van der Waals surface area contributed by atoms with Crippen LogP contribution in [0.5, 0.6) is 5.75 Å². The van der Waals surface area contributed by atoms with Gasteiger partial charge in [0.1, 0.15) is 5.75 Å². The van der Waals surface area contributed by atoms with Crippen molar-refractivity contribution in [3.63, 3.8) is 0 Å². The second kappa shape index (κ2) is 6.20. The van der Waals surface area contributed by atoms with Crippen LogP contribution in [0.4, 0.5) is 11.4 Å². The number of nitrogens with zero attached hydrogens (tertiary/aromatic N) is 1. The van der Waals surface area contributed by atoms with Gasteiger partial charge in [-0.05, 0) is 19.3 Å². The van der Waals surface area contributed by atoms with E-state index in [2.05, 4.69) is 19.3 Å². The Labute approximate surface area is 106 Å². The lowest BCUT2D eigenvalue weighted by atomic mass is 10.1. The zero-order chi connectivity index (χ0) is 13.7. The minimum absolute atomic E-state index is 0.00220. The van der Waals surface area contributed by atoms with Crippen LogP contribution in [-0.4, -0.2) is 11.0 Å². The van der Waals surface area contributed by atoms with Gasteiger partial charge in [-0.3, -0.25) is 16.0 Å². The Morgan fingerprint density at radius 1 is 1.39 bits per heavy atom. The zero-order valence-electron chi connectivity index (χ0n) is 10.8. The first-order valence-corrected chi connectivity index (χ1v) is 5.85. The number of nitrogens with one attached hydrogen (secondary N) is 1. The van der Waals surface area contributed by atoms with E-state index in [1.54, 1.807) is 6.07 Å². The average Bonchev–Trinajstić information content (AvgIpc) is 2.27. The lowest BCUT2D eigenvalue weighted by molar-refractivity contribution is -0.384. The number of hydrogen-bond acceptors (Lipinski definition) is 5. The van der Waals surface area contributed by atoms with E-state index in [9.17, 15) is 10.1 Å². The number of non-ortho nitro benzene ring substituents is 1. The van der Waals surface area contributed by atoms with Gasteiger partial charge >= 0.3 is 0 Å². The maximum absolute atomic E-state index is 10.8. The summed E-state index contributed by atoms with van der Waals surface area (Å²) in [5.74, 6) is 6.23. The van der Waals surface area contributed by atoms with Gasteiger partial charge < -0.3 is 10.2 Å². The first kappa shape index (κ1) is 14.2. The lowest BCUT2D eigenvalue weighted by Crippen LogP contribution is -2.15. The highest BCUT2D eigenvalue weighted by atomic mass is 16.6. The molecule has 0 saturated heterocycles. The molecule has 0 aliphatic rings. The van der Waals surface area contributed by atoms with Crippen LogP contribution in [0.2, 0.25) is 0 Å². The third kappa shape index (κ3) is 4.21. The fourth-order valence-corrected chi connectivity index (χ4v) is 1.78. The molecule has 6 nitrogen and oxygen atoms in total. The van der Waals surface area contributed by atoms with Gasteiger partial charge in [-0.1, -0.05) is 13.8 Å². The molecule has 1 atom stereocenters. The predicted octanol–water partition coefficient (Wildman–Crippen LogP) is 2.69. The van der Waals surface area contributed by atoms with Crippen molar-refractivity contribution in [1.82, 2.24) is 0 Å². The van der Waals surface area contributed by atoms with Gasteiger partial charge in [0.15, 0.2) is 0 Å². The monoisotopic (exact) mass is 253 g/mol. The largest absolute Gasteiger partial charge is 0.490 e. The minimum atomic E-state index is -0.471. The summed E-state index contributed by atoms with van der Waals surface area (Å²) in [5.41, 5.74) is 2.80. The number of nitrogen functional groups attached to an aromatic ring is 1. The number of rotatable bonds is 6. The molecule has 0 aliphatic carbocycles. The summed E-state index contributed by atoms with van der Waals surface area (Å²) in [6.45, 7) is 6.13. The Bertz CT molecular complexity index is 421. The minimum Gasteiger partial charge on any atom is -0.490 e. The summed E-state index contributed by atoms with van der Waals surface area (Å²) in [6.07, 6.45) is 0.881. The molecule has 3 N–H and O–H groups in total. The van der Waals surface area contributed by atoms with Crippen LogP contribution < -0.4 is 16.0 Å². The Balaban J connectivity index is 2.87. The molecule has 1 aromatic carbocycles. The summed E-state index contributed by atoms with van der Waals surface area (Å²) in [6, 6.07) is 4.40. The number of nitro benzene ring substituents is 1. The Morgan fingerprint density at radius 2 is 2.06 bits per heavy atom. The molecule has 0 saturated carbocycles. The summed E-state index contributed by atoms with van der Waals surface area (Å²) in [4.78, 5) is 10.3. The Morgan fingerprint density at radius 3 is 2.56 bits per heavy atom. The van der Waals surface area contributed by atoms with Crippen LogP contribution in [0.25, 0.3) is 0 Å². The van der Waals surface area contributed by atoms with Gasteiger partial charge in [0.2, 0.25) is 0 Å². The van der Waals surface area contributed by atoms with E-state index in [4.69, 9.17) is 10.6 Å². The number of hydrazine groups is 1. The summed E-state index contributed by atoms with van der Waals surface area (Å²) in [5, 5.41) is 10.8. The number of hydrogen-bond donors (Lipinski definition) is 2. The van der Waals surface area contributed by atoms with Crippen molar-refractivity contribution in [2.45, 2.75) is 33.3 Å². The number of benzene rings is 1. The quantitative estimate of drug-likeness (QED) is 0.462. The maximum atomic E-state index is 10.8. The molecule has 0 aromatic heterocycles. The highest BCUT2D eigenvalue weighted by Crippen LogP contribution is 2.26. The second-order valence-electron chi connectivity index (χ2n) is 4.68. The molecule has 1 aromatic rings. The maximum Gasteiger partial charge on any atom is 0.275 e. The molecule has 18 heavy (non-hydrogen) atoms. The van der Waals surface area contributed by atoms with Crippen molar-refractivity contribution in [1.29, 1.82) is 0 Å². The van der Waals surface area contributed by atoms with E-state index in [0.717, 1.165) is 6.42 Å². The van der Waals surface area contributed by atoms with Crippen molar-refractivity contribution >= 4 is 11.4 Å². The average molecular weight is 253 g/mol. The molecule has 0 fully saturated rings. The van der Waals surface area contributed by atoms with Gasteiger partial charge in [0.25, 0.3) is 5.69 Å². The molecule has 0 bridgehead atoms. The van der Waals surface area contributed by atoms with Crippen LogP contribution in [-0.2, 0) is 0 Å². The van der Waals surface area contributed by atoms with E-state index in [1.807, 2.05) is 6.92 Å². The summed E-state index contributed by atoms with van der Waals surface area (Å²) >= 11 is 0. The van der Waals surface area contributed by atoms with Gasteiger partial charge in [-0.2, -0.15) is 0 Å². The van der Waals surface area contributed by atoms with Crippen molar-refractivity contribution in [3.8, 4) is 5.75 Å². The molecular formula is C12H19N3O3. The van der Waals surface area contributed by atoms with E-state index in [0.29, 0.717) is 17.4 Å². The molecule has 1 rings (SSSR count). The van der Waals surface area contributed by atoms with Crippen molar-refractivity contribution in [2.24, 2.45) is 11.8 Å². The fraction of sp³-hybridized carbons (Fsp3) is 0.500. The summed E-state index contributed by atoms with van der Waals surface area (Å²) < 4.78 is 5.66. The normalized spacial score (nSPS) is 12.3. The fourth-order valence-electron chi connectivity index (χ4n) is 1.78. The van der Waals surface area contributed by atoms with Crippen molar-refractivity contribution in [3.05, 3.63) is 28.3 Å². The standard InChI is InChI=1S/C12H19N3O3/c1-8(2)4-9(3)18-12-6-10(14-13)5-11(7-12)15(16)17/h5-9,14H,4,13H2,1-3H3. The first-order valence-electron chi connectivity index (χ1n) is 5.85. The van der Waals surface area contributed by atoms with Gasteiger partial charge in [0.05, 0.1) is 22.8 Å². The van der Waals surface area contributed by atoms with Gasteiger partial charge in [-0.25, -0.2) is 0 Å². The molecule has 0 aliphatic heterocycles. The second-order valence-corrected chi connectivity index (χ2v) is 4.68. The highest BCUT2D eigenvalue weighted by molar-refractivity contribution is 5.55. The first-order chi connectivity index (χ1) is 8.42. The molecule has 0 heterocycles. The number of ether oxygens (including phenoxy) is 1. The number of anilines is 1. The molecule has 0 spiro atoms. The molecule has 0 amide bonds. The summed E-state index contributed by atoms with van der Waals surface area (Å²) in [7, 11) is 0. The van der Waals surface area contributed by atoms with Crippen LogP contribution in [0, 0.1) is 16.0 Å². The third-order valence-electron chi connectivity index (χ3n) is 2.41. The van der Waals surface area contributed by atoms with Crippen molar-refractivity contribution < 1.29 is 9.66 Å². The van der Waals surface area contributed by atoms with Crippen LogP contribution in [0.1, 0.15) is 27.2 Å². The van der Waals surface area contributed by atoms with Crippen LogP contribution >= 0.6 is 0 Å². The van der Waals surface area contributed by atoms with Gasteiger partial charge in [0, 0.05) is 12.1 Å². The van der Waals surface area contributed by atoms with Crippen LogP contribution in [0.3, 0.4) is 0 Å². The molecule has 6 heteroatoms. The number of nitro groups is 1. The molecule has 0 radical (unpaired) electrons. The van der Waals surface area contributed by atoms with Crippen LogP contribution in [0.15, 0.2) is 18.2 Å². The molecular weight excluding hydrogens is 234 g/mol. The highest BCUT2D eigenvalue weighted by Gasteiger charge is 2.13. The van der Waals surface area contributed by atoms with Crippen molar-refractivity contribution in [2.75, 3.05) is 5.43 Å². The van der Waals surface area contributed by atoms with E-state index in [-0.39, 0.29) is 11.8 Å². The third-order valence-corrected chi connectivity index (χ3v) is 2.41. The van der Waals surface area contributed by atoms with E-state index >= 15 is 0 Å². The smallest absolute Gasteiger partial charge is 0.275 e. The molecule has 100 valence electrons. The van der Waals surface area contributed by atoms with E-state index in [1.165, 1.54) is 12.1 Å². The van der Waals surface area contributed by atoms with Gasteiger partial charge in [-0.15, -0.1) is 0 Å². The Kier molecular flexibility index (Phi) is 4.91.